The normalized spacial score (nSPS) is 11.7. The maximum atomic E-state index is 11.0. The Bertz CT molecular complexity index is 3680. The lowest BCUT2D eigenvalue weighted by Crippen LogP contribution is -2.09. The Morgan fingerprint density at radius 2 is 1.27 bits per heavy atom. The quantitative estimate of drug-likeness (QED) is 0.144. The SMILES string of the molecule is C=C/C=C\c1c(C)oc2cc3c(cc12)c1cc(N(c2ccccc2)c2ccccc2)ccc1n3-c1cc(C#N)c(Cn2c3ccccc3c3c4ccccc4ccc32)cc1C#N. The molecular weight excluding hydrogens is 759 g/mol. The minimum absolute atomic E-state index is 0.416. The molecule has 0 radical (unpaired) electrons. The van der Waals surface area contributed by atoms with Gasteiger partial charge in [0, 0.05) is 67.7 Å². The van der Waals surface area contributed by atoms with Crippen molar-refractivity contribution in [1.29, 1.82) is 10.5 Å². The van der Waals surface area contributed by atoms with Crippen LogP contribution in [0.5, 0.6) is 0 Å². The zero-order valence-corrected chi connectivity index (χ0v) is 33.9. The van der Waals surface area contributed by atoms with Crippen molar-refractivity contribution in [2.75, 3.05) is 4.90 Å². The summed E-state index contributed by atoms with van der Waals surface area (Å²) in [5, 5.41) is 29.6. The zero-order chi connectivity index (χ0) is 41.9. The molecule has 6 heteroatoms. The van der Waals surface area contributed by atoms with Crippen LogP contribution in [0.25, 0.3) is 77.1 Å². The van der Waals surface area contributed by atoms with Crippen LogP contribution in [0, 0.1) is 29.6 Å². The van der Waals surface area contributed by atoms with Gasteiger partial charge in [-0.3, -0.25) is 0 Å². The van der Waals surface area contributed by atoms with Gasteiger partial charge in [-0.15, -0.1) is 0 Å². The molecule has 0 N–H and O–H groups in total. The van der Waals surface area contributed by atoms with Gasteiger partial charge in [0.05, 0.1) is 39.4 Å². The first-order chi connectivity index (χ1) is 30.5. The molecule has 0 saturated heterocycles. The number of para-hydroxylation sites is 3. The Morgan fingerprint density at radius 1 is 0.597 bits per heavy atom. The van der Waals surface area contributed by atoms with E-state index in [1.807, 2.05) is 43.3 Å². The van der Waals surface area contributed by atoms with Gasteiger partial charge in [-0.1, -0.05) is 110 Å². The predicted molar refractivity (Wildman–Crippen MR) is 255 cm³/mol. The van der Waals surface area contributed by atoms with Crippen molar-refractivity contribution in [1.82, 2.24) is 9.13 Å². The summed E-state index contributed by atoms with van der Waals surface area (Å²) in [7, 11) is 0. The van der Waals surface area contributed by atoms with Gasteiger partial charge in [-0.2, -0.15) is 10.5 Å². The average molecular weight is 796 g/mol. The number of furan rings is 1. The molecule has 62 heavy (non-hydrogen) atoms. The van der Waals surface area contributed by atoms with Crippen LogP contribution in [0.2, 0.25) is 0 Å². The highest BCUT2D eigenvalue weighted by Gasteiger charge is 2.23. The fourth-order valence-corrected chi connectivity index (χ4v) is 9.41. The van der Waals surface area contributed by atoms with Gasteiger partial charge in [-0.05, 0) is 96.1 Å². The molecule has 0 fully saturated rings. The van der Waals surface area contributed by atoms with Crippen LogP contribution >= 0.6 is 0 Å². The Labute approximate surface area is 357 Å². The van der Waals surface area contributed by atoms with Crippen LogP contribution in [0.1, 0.15) is 28.0 Å². The largest absolute Gasteiger partial charge is 0.461 e. The van der Waals surface area contributed by atoms with E-state index in [9.17, 15) is 10.5 Å². The Morgan fingerprint density at radius 3 is 2.02 bits per heavy atom. The number of nitriles is 2. The van der Waals surface area contributed by atoms with Gasteiger partial charge < -0.3 is 18.5 Å². The summed E-state index contributed by atoms with van der Waals surface area (Å²) in [6, 6.07) is 61.5. The van der Waals surface area contributed by atoms with E-state index in [-0.39, 0.29) is 0 Å². The first kappa shape index (κ1) is 36.5. The molecule has 0 amide bonds. The van der Waals surface area contributed by atoms with Crippen LogP contribution in [0.4, 0.5) is 17.1 Å². The van der Waals surface area contributed by atoms with Crippen molar-refractivity contribution in [2.45, 2.75) is 13.5 Å². The summed E-state index contributed by atoms with van der Waals surface area (Å²) >= 11 is 0. The molecule has 8 aromatic carbocycles. The lowest BCUT2D eigenvalue weighted by atomic mass is 10.0. The highest BCUT2D eigenvalue weighted by Crippen LogP contribution is 2.43. The zero-order valence-electron chi connectivity index (χ0n) is 33.9. The molecule has 0 spiro atoms. The smallest absolute Gasteiger partial charge is 0.137 e. The standard InChI is InChI=1S/C56H37N5O/c1-3-4-20-44-36(2)62-55-32-54-48(31-49(44)55)47-30-43(60(41-16-7-5-8-17-41)42-18-9-6-10-19-42)25-27-51(47)61(54)53-29-38(33-57)40(28-39(53)34-58)35-59-50-23-14-13-22-46(50)56-45-21-12-11-15-37(45)24-26-52(56)59/h3-32H,1,35H2,2H3/b20-4-. The molecule has 0 saturated carbocycles. The molecule has 11 aromatic rings. The number of allylic oxidation sites excluding steroid dienone is 2. The van der Waals surface area contributed by atoms with Crippen LogP contribution in [-0.4, -0.2) is 9.13 Å². The maximum absolute atomic E-state index is 11.0. The fraction of sp³-hybridized carbons (Fsp3) is 0.0357. The first-order valence-corrected chi connectivity index (χ1v) is 20.6. The van der Waals surface area contributed by atoms with E-state index in [1.165, 1.54) is 16.2 Å². The summed E-state index contributed by atoms with van der Waals surface area (Å²) in [6.45, 7) is 6.28. The molecule has 292 valence electrons. The number of aromatic nitrogens is 2. The monoisotopic (exact) mass is 795 g/mol. The molecule has 11 rings (SSSR count). The fourth-order valence-electron chi connectivity index (χ4n) is 9.41. The number of aryl methyl sites for hydroxylation is 1. The second-order valence-corrected chi connectivity index (χ2v) is 15.6. The number of hydrogen-bond acceptors (Lipinski definition) is 4. The maximum Gasteiger partial charge on any atom is 0.137 e. The molecule has 0 aliphatic rings. The van der Waals surface area contributed by atoms with Crippen LogP contribution in [-0.2, 0) is 6.54 Å². The molecule has 3 heterocycles. The topological polar surface area (TPSA) is 73.8 Å². The molecule has 0 atom stereocenters. The second kappa shape index (κ2) is 14.6. The van der Waals surface area contributed by atoms with Gasteiger partial charge in [0.15, 0.2) is 0 Å². The first-order valence-electron chi connectivity index (χ1n) is 20.6. The molecular formula is C56H37N5O. The Balaban J connectivity index is 1.15. The predicted octanol–water partition coefficient (Wildman–Crippen LogP) is 14.6. The van der Waals surface area contributed by atoms with Gasteiger partial charge in [0.2, 0.25) is 0 Å². The molecule has 0 unspecified atom stereocenters. The van der Waals surface area contributed by atoms with Crippen molar-refractivity contribution < 1.29 is 4.42 Å². The van der Waals surface area contributed by atoms with Crippen LogP contribution in [0.3, 0.4) is 0 Å². The molecule has 0 aliphatic carbocycles. The summed E-state index contributed by atoms with van der Waals surface area (Å²) in [5.74, 6) is 0.800. The number of rotatable bonds is 8. The third kappa shape index (κ3) is 5.70. The lowest BCUT2D eigenvalue weighted by molar-refractivity contribution is 0.578. The Hall–Kier alpha value is -8.58. The molecule has 0 aliphatic heterocycles. The van der Waals surface area contributed by atoms with Gasteiger partial charge in [0.25, 0.3) is 0 Å². The minimum Gasteiger partial charge on any atom is -0.461 e. The number of nitrogens with zero attached hydrogens (tertiary/aromatic N) is 5. The third-order valence-electron chi connectivity index (χ3n) is 12.2. The highest BCUT2D eigenvalue weighted by molar-refractivity contribution is 6.21. The third-order valence-corrected chi connectivity index (χ3v) is 12.2. The molecule has 3 aromatic heterocycles. The van der Waals surface area contributed by atoms with Gasteiger partial charge in [0.1, 0.15) is 17.4 Å². The number of hydrogen-bond donors (Lipinski definition) is 0. The van der Waals surface area contributed by atoms with Crippen molar-refractivity contribution in [3.8, 4) is 17.8 Å². The van der Waals surface area contributed by atoms with E-state index < -0.39 is 0 Å². The van der Waals surface area contributed by atoms with E-state index in [0.29, 0.717) is 23.4 Å². The van der Waals surface area contributed by atoms with Crippen LogP contribution < -0.4 is 4.90 Å². The minimum atomic E-state index is 0.416. The molecule has 6 nitrogen and oxygen atoms in total. The van der Waals surface area contributed by atoms with Crippen molar-refractivity contribution in [3.05, 3.63) is 211 Å². The number of fused-ring (bicyclic) bond motifs is 9. The number of anilines is 3. The summed E-state index contributed by atoms with van der Waals surface area (Å²) < 4.78 is 10.8. The van der Waals surface area contributed by atoms with Gasteiger partial charge in [-0.25, -0.2) is 0 Å². The second-order valence-electron chi connectivity index (χ2n) is 15.6. The van der Waals surface area contributed by atoms with Crippen molar-refractivity contribution in [2.24, 2.45) is 0 Å². The van der Waals surface area contributed by atoms with E-state index in [0.717, 1.165) is 83.1 Å². The lowest BCUT2D eigenvalue weighted by Gasteiger charge is -2.25. The van der Waals surface area contributed by atoms with E-state index in [1.54, 1.807) is 6.08 Å². The van der Waals surface area contributed by atoms with E-state index in [4.69, 9.17) is 4.42 Å². The summed E-state index contributed by atoms with van der Waals surface area (Å²) in [4.78, 5) is 2.25. The van der Waals surface area contributed by atoms with Crippen LogP contribution in [0.15, 0.2) is 187 Å². The van der Waals surface area contributed by atoms with E-state index in [2.05, 4.69) is 172 Å². The Kier molecular flexibility index (Phi) is 8.60. The van der Waals surface area contributed by atoms with Gasteiger partial charge >= 0.3 is 0 Å². The number of benzene rings is 8. The van der Waals surface area contributed by atoms with Crippen molar-refractivity contribution >= 4 is 88.5 Å². The summed E-state index contributed by atoms with van der Waals surface area (Å²) in [6.07, 6.45) is 5.72. The average Bonchev–Trinajstić information content (AvgIpc) is 3.93. The molecule has 0 bridgehead atoms. The summed E-state index contributed by atoms with van der Waals surface area (Å²) in [5.41, 5.74) is 11.1. The highest BCUT2D eigenvalue weighted by atomic mass is 16.3. The van der Waals surface area contributed by atoms with E-state index >= 15 is 0 Å². The van der Waals surface area contributed by atoms with Crippen molar-refractivity contribution in [3.63, 3.8) is 0 Å².